The summed E-state index contributed by atoms with van der Waals surface area (Å²) in [6.07, 6.45) is 0.428. The van der Waals surface area contributed by atoms with Crippen LogP contribution in [0.15, 0.2) is 65.8 Å². The summed E-state index contributed by atoms with van der Waals surface area (Å²) in [7, 11) is 0. The Morgan fingerprint density at radius 3 is 2.74 bits per heavy atom. The molecule has 27 heavy (non-hydrogen) atoms. The average Bonchev–Trinajstić information content (AvgIpc) is 3.17. The normalized spacial score (nSPS) is 17.5. The third-order valence-corrected chi connectivity index (χ3v) is 4.85. The second kappa shape index (κ2) is 5.98. The molecule has 7 nitrogen and oxygen atoms in total. The number of amides is 1. The Bertz CT molecular complexity index is 1200. The van der Waals surface area contributed by atoms with Gasteiger partial charge in [0.05, 0.1) is 16.9 Å². The largest absolute Gasteiger partial charge is 0.273 e. The van der Waals surface area contributed by atoms with Crippen molar-refractivity contribution in [2.75, 3.05) is 5.01 Å². The summed E-state index contributed by atoms with van der Waals surface area (Å²) < 4.78 is 1.71. The predicted molar refractivity (Wildman–Crippen MR) is 103 cm³/mol. The number of hydrazone groups is 1. The second-order valence-corrected chi connectivity index (χ2v) is 6.69. The smallest absolute Gasteiger partial charge is 0.248 e. The van der Waals surface area contributed by atoms with Crippen molar-refractivity contribution in [3.63, 3.8) is 0 Å². The van der Waals surface area contributed by atoms with E-state index in [2.05, 4.69) is 21.6 Å². The molecule has 2 aromatic carbocycles. The van der Waals surface area contributed by atoms with E-state index in [9.17, 15) is 4.79 Å². The highest BCUT2D eigenvalue weighted by Crippen LogP contribution is 2.27. The molecule has 0 fully saturated rings. The van der Waals surface area contributed by atoms with Crippen LogP contribution in [0.25, 0.3) is 16.6 Å². The van der Waals surface area contributed by atoms with E-state index >= 15 is 0 Å². The number of rotatable bonds is 2. The van der Waals surface area contributed by atoms with Gasteiger partial charge in [0.15, 0.2) is 5.65 Å². The molecule has 1 atom stereocenters. The Labute approximate surface area is 154 Å². The van der Waals surface area contributed by atoms with Crippen LogP contribution >= 0.6 is 0 Å². The van der Waals surface area contributed by atoms with Gasteiger partial charge < -0.3 is 0 Å². The first-order chi connectivity index (χ1) is 13.2. The summed E-state index contributed by atoms with van der Waals surface area (Å²) >= 11 is 0. The van der Waals surface area contributed by atoms with Crippen molar-refractivity contribution in [1.29, 1.82) is 0 Å². The number of pyridine rings is 1. The summed E-state index contributed by atoms with van der Waals surface area (Å²) in [5.41, 5.74) is 4.32. The van der Waals surface area contributed by atoms with Crippen LogP contribution in [0, 0.1) is 5.92 Å². The maximum absolute atomic E-state index is 12.5. The van der Waals surface area contributed by atoms with Crippen molar-refractivity contribution >= 4 is 33.9 Å². The van der Waals surface area contributed by atoms with Gasteiger partial charge in [-0.1, -0.05) is 31.2 Å². The van der Waals surface area contributed by atoms with Crippen LogP contribution in [0.1, 0.15) is 18.9 Å². The molecule has 0 bridgehead atoms. The average molecular weight is 356 g/mol. The second-order valence-electron chi connectivity index (χ2n) is 6.69. The van der Waals surface area contributed by atoms with E-state index < -0.39 is 0 Å². The van der Waals surface area contributed by atoms with Gasteiger partial charge in [-0.2, -0.15) is 9.62 Å². The molecule has 7 heteroatoms. The van der Waals surface area contributed by atoms with Crippen molar-refractivity contribution in [3.05, 3.63) is 66.2 Å². The zero-order chi connectivity index (χ0) is 18.4. The lowest BCUT2D eigenvalue weighted by atomic mass is 9.93. The van der Waals surface area contributed by atoms with Gasteiger partial charge in [-0.15, -0.1) is 5.10 Å². The summed E-state index contributed by atoms with van der Waals surface area (Å²) in [6, 6.07) is 19.5. The Balaban J connectivity index is 1.63. The summed E-state index contributed by atoms with van der Waals surface area (Å²) in [5, 5.41) is 19.0. The van der Waals surface area contributed by atoms with Crippen molar-refractivity contribution in [2.24, 2.45) is 11.0 Å². The third-order valence-electron chi connectivity index (χ3n) is 4.85. The highest BCUT2D eigenvalue weighted by Gasteiger charge is 2.28. The standard InChI is InChI=1S/C20H16N6O/c1-13-11-19(27)25(16-5-3-2-4-6-16)22-20(13)15-7-9-17-14(12-15)8-10-18-21-23-24-26(17)18/h2-10,12-13H,11H2,1H3. The fraction of sp³-hybridized carbons (Fsp3) is 0.150. The van der Waals surface area contributed by atoms with Gasteiger partial charge in [0.2, 0.25) is 5.91 Å². The first kappa shape index (κ1) is 15.6. The quantitative estimate of drug-likeness (QED) is 0.553. The number of aromatic nitrogens is 4. The molecule has 0 saturated carbocycles. The summed E-state index contributed by atoms with van der Waals surface area (Å²) in [4.78, 5) is 12.5. The van der Waals surface area contributed by atoms with Crippen LogP contribution in [0.3, 0.4) is 0 Å². The highest BCUT2D eigenvalue weighted by atomic mass is 16.2. The SMILES string of the molecule is CC1CC(=O)N(c2ccccc2)N=C1c1ccc2c(ccc3nnnn32)c1. The van der Waals surface area contributed by atoms with Crippen molar-refractivity contribution < 1.29 is 4.79 Å². The molecule has 0 aliphatic carbocycles. The highest BCUT2D eigenvalue weighted by molar-refractivity contribution is 6.11. The lowest BCUT2D eigenvalue weighted by Gasteiger charge is -2.27. The molecule has 0 radical (unpaired) electrons. The van der Waals surface area contributed by atoms with E-state index in [0.717, 1.165) is 27.9 Å². The van der Waals surface area contributed by atoms with E-state index in [1.165, 1.54) is 5.01 Å². The number of fused-ring (bicyclic) bond motifs is 3. The van der Waals surface area contributed by atoms with E-state index in [-0.39, 0.29) is 11.8 Å². The Kier molecular flexibility index (Phi) is 3.46. The number of hydrogen-bond acceptors (Lipinski definition) is 5. The van der Waals surface area contributed by atoms with Crippen LogP contribution < -0.4 is 5.01 Å². The number of anilines is 1. The fourth-order valence-electron chi connectivity index (χ4n) is 3.49. The van der Waals surface area contributed by atoms with Gasteiger partial charge in [-0.25, -0.2) is 5.01 Å². The minimum Gasteiger partial charge on any atom is -0.273 e. The van der Waals surface area contributed by atoms with Crippen LogP contribution in [-0.2, 0) is 4.79 Å². The number of benzene rings is 2. The first-order valence-corrected chi connectivity index (χ1v) is 8.78. The number of nitrogens with zero attached hydrogens (tertiary/aromatic N) is 6. The van der Waals surface area contributed by atoms with Gasteiger partial charge in [-0.3, -0.25) is 4.79 Å². The number of hydrogen-bond donors (Lipinski definition) is 0. The molecule has 4 aromatic rings. The Morgan fingerprint density at radius 1 is 1.04 bits per heavy atom. The maximum Gasteiger partial charge on any atom is 0.248 e. The molecule has 0 N–H and O–H groups in total. The molecular weight excluding hydrogens is 340 g/mol. The lowest BCUT2D eigenvalue weighted by molar-refractivity contribution is -0.119. The van der Waals surface area contributed by atoms with E-state index in [1.807, 2.05) is 61.5 Å². The van der Waals surface area contributed by atoms with Crippen molar-refractivity contribution in [3.8, 4) is 0 Å². The molecular formula is C20H16N6O. The summed E-state index contributed by atoms with van der Waals surface area (Å²) in [5.74, 6) is 0.0558. The Morgan fingerprint density at radius 2 is 1.89 bits per heavy atom. The van der Waals surface area contributed by atoms with Crippen molar-refractivity contribution in [2.45, 2.75) is 13.3 Å². The minimum atomic E-state index is 0.00800. The van der Waals surface area contributed by atoms with Crippen molar-refractivity contribution in [1.82, 2.24) is 20.0 Å². The van der Waals surface area contributed by atoms with Gasteiger partial charge in [0.25, 0.3) is 0 Å². The zero-order valence-corrected chi connectivity index (χ0v) is 14.6. The van der Waals surface area contributed by atoms with E-state index in [0.29, 0.717) is 12.1 Å². The van der Waals surface area contributed by atoms with Gasteiger partial charge in [0, 0.05) is 17.7 Å². The number of carbonyl (C=O) groups excluding carboxylic acids is 1. The van der Waals surface area contributed by atoms with Crippen LogP contribution in [-0.4, -0.2) is 31.7 Å². The minimum absolute atomic E-state index is 0.00800. The summed E-state index contributed by atoms with van der Waals surface area (Å²) in [6.45, 7) is 2.04. The molecule has 0 saturated heterocycles. The molecule has 132 valence electrons. The van der Waals surface area contributed by atoms with Gasteiger partial charge in [0.1, 0.15) is 0 Å². The molecule has 1 aliphatic heterocycles. The lowest BCUT2D eigenvalue weighted by Crippen LogP contribution is -2.36. The first-order valence-electron chi connectivity index (χ1n) is 8.78. The third kappa shape index (κ3) is 2.55. The molecule has 2 aromatic heterocycles. The van der Waals surface area contributed by atoms with E-state index in [1.54, 1.807) is 4.52 Å². The van der Waals surface area contributed by atoms with E-state index in [4.69, 9.17) is 5.10 Å². The number of carbonyl (C=O) groups is 1. The van der Waals surface area contributed by atoms with Crippen LogP contribution in [0.4, 0.5) is 5.69 Å². The zero-order valence-electron chi connectivity index (χ0n) is 14.6. The topological polar surface area (TPSA) is 75.8 Å². The number of para-hydroxylation sites is 1. The van der Waals surface area contributed by atoms with Crippen LogP contribution in [0.2, 0.25) is 0 Å². The molecule has 1 amide bonds. The monoisotopic (exact) mass is 356 g/mol. The molecule has 5 rings (SSSR count). The fourth-order valence-corrected chi connectivity index (χ4v) is 3.49. The molecule has 1 aliphatic rings. The van der Waals surface area contributed by atoms with Crippen LogP contribution in [0.5, 0.6) is 0 Å². The molecule has 0 spiro atoms. The Hall–Kier alpha value is -3.61. The number of tetrazole rings is 1. The molecule has 3 heterocycles. The maximum atomic E-state index is 12.5. The van der Waals surface area contributed by atoms with Gasteiger partial charge in [-0.05, 0) is 52.4 Å². The predicted octanol–water partition coefficient (Wildman–Crippen LogP) is 3.05. The van der Waals surface area contributed by atoms with Gasteiger partial charge >= 0.3 is 0 Å². The molecule has 1 unspecified atom stereocenters.